The number of nitrogens with zero attached hydrogens (tertiary/aromatic N) is 1. The van der Waals surface area contributed by atoms with Gasteiger partial charge in [0, 0.05) is 32.7 Å². The molecule has 8 unspecified atom stereocenters. The van der Waals surface area contributed by atoms with Crippen molar-refractivity contribution in [2.24, 2.45) is 46.3 Å². The molecule has 69 heavy (non-hydrogen) atoms. The lowest BCUT2D eigenvalue weighted by molar-refractivity contribution is -0.151. The molecule has 0 heterocycles. The summed E-state index contributed by atoms with van der Waals surface area (Å²) in [6.07, 6.45) is 54.7. The number of aliphatic hydroxyl groups excluding tert-OH is 1. The van der Waals surface area contributed by atoms with Gasteiger partial charge in [0.15, 0.2) is 0 Å². The normalized spacial score (nSPS) is 26.0. The second kappa shape index (κ2) is 36.1. The van der Waals surface area contributed by atoms with Crippen molar-refractivity contribution in [2.75, 3.05) is 39.5 Å². The van der Waals surface area contributed by atoms with Gasteiger partial charge in [0.2, 0.25) is 0 Å². The summed E-state index contributed by atoms with van der Waals surface area (Å²) in [4.78, 5) is 15.8. The van der Waals surface area contributed by atoms with Gasteiger partial charge in [0.05, 0.1) is 0 Å². The molecule has 0 aromatic heterocycles. The van der Waals surface area contributed by atoms with E-state index in [9.17, 15) is 9.90 Å². The second-order valence-electron chi connectivity index (χ2n) is 25.1. The monoisotopic (exact) mass is 966 g/mol. The fourth-order valence-electron chi connectivity index (χ4n) is 14.8. The van der Waals surface area contributed by atoms with E-state index in [-0.39, 0.29) is 18.7 Å². The van der Waals surface area contributed by atoms with Crippen LogP contribution < -0.4 is 0 Å². The Hall–Kier alpha value is -0.910. The number of esters is 1. The van der Waals surface area contributed by atoms with Crippen molar-refractivity contribution >= 4 is 5.97 Å². The highest BCUT2D eigenvalue weighted by atomic mass is 16.5. The van der Waals surface area contributed by atoms with Crippen molar-refractivity contribution in [1.29, 1.82) is 0 Å². The molecule has 404 valence electrons. The van der Waals surface area contributed by atoms with E-state index < -0.39 is 0 Å². The molecule has 0 spiro atoms. The molecule has 8 atom stereocenters. The zero-order valence-electron chi connectivity index (χ0n) is 47.3. The van der Waals surface area contributed by atoms with Crippen LogP contribution in [0.25, 0.3) is 0 Å². The average molecular weight is 967 g/mol. The predicted octanol–water partition coefficient (Wildman–Crippen LogP) is 18.6. The Bertz CT molecular complexity index is 1310. The van der Waals surface area contributed by atoms with Crippen LogP contribution in [0.1, 0.15) is 298 Å². The van der Waals surface area contributed by atoms with Gasteiger partial charge in [-0.2, -0.15) is 0 Å². The Morgan fingerprint density at radius 1 is 0.623 bits per heavy atom. The fraction of sp³-hybridized carbons (Fsp3) is 0.953. The average Bonchev–Trinajstić information content (AvgIpc) is 3.69. The highest BCUT2D eigenvalue weighted by Gasteiger charge is 2.59. The molecule has 4 aliphatic carbocycles. The third kappa shape index (κ3) is 22.6. The van der Waals surface area contributed by atoms with E-state index >= 15 is 0 Å². The molecule has 3 fully saturated rings. The molecule has 1 N–H and O–H groups in total. The van der Waals surface area contributed by atoms with Gasteiger partial charge in [-0.3, -0.25) is 4.79 Å². The van der Waals surface area contributed by atoms with Crippen molar-refractivity contribution in [1.82, 2.24) is 4.90 Å². The molecule has 0 saturated heterocycles. The maximum atomic E-state index is 13.1. The van der Waals surface area contributed by atoms with Crippen molar-refractivity contribution in [3.63, 3.8) is 0 Å². The molecule has 5 nitrogen and oxygen atoms in total. The first-order chi connectivity index (χ1) is 33.6. The van der Waals surface area contributed by atoms with Gasteiger partial charge in [-0.1, -0.05) is 207 Å². The first-order valence-electron chi connectivity index (χ1n) is 31.4. The number of allylic oxidation sites excluding steroid dienone is 1. The van der Waals surface area contributed by atoms with Crippen molar-refractivity contribution in [2.45, 2.75) is 304 Å². The highest BCUT2D eigenvalue weighted by Crippen LogP contribution is 2.67. The lowest BCUT2D eigenvalue weighted by atomic mass is 9.47. The van der Waals surface area contributed by atoms with E-state index in [0.717, 1.165) is 113 Å². The number of carbonyl (C=O) groups is 1. The summed E-state index contributed by atoms with van der Waals surface area (Å²) in [7, 11) is 0. The molecule has 0 amide bonds. The van der Waals surface area contributed by atoms with Crippen LogP contribution >= 0.6 is 0 Å². The molecule has 0 bridgehead atoms. The van der Waals surface area contributed by atoms with E-state index in [1.807, 2.05) is 0 Å². The van der Waals surface area contributed by atoms with Crippen molar-refractivity contribution in [3.05, 3.63) is 11.6 Å². The van der Waals surface area contributed by atoms with E-state index in [1.54, 1.807) is 5.57 Å². The molecule has 4 rings (SSSR count). The second-order valence-corrected chi connectivity index (χ2v) is 25.1. The Labute approximate surface area is 430 Å². The Kier molecular flexibility index (Phi) is 31.7. The maximum absolute atomic E-state index is 13.1. The van der Waals surface area contributed by atoms with Gasteiger partial charge in [-0.05, 0) is 156 Å². The molecular formula is C64H119NO4. The van der Waals surface area contributed by atoms with Gasteiger partial charge in [-0.15, -0.1) is 0 Å². The quantitative estimate of drug-likeness (QED) is 0.0375. The topological polar surface area (TPSA) is 59.0 Å². The van der Waals surface area contributed by atoms with Gasteiger partial charge in [-0.25, -0.2) is 0 Å². The highest BCUT2D eigenvalue weighted by molar-refractivity contribution is 5.69. The zero-order valence-corrected chi connectivity index (χ0v) is 47.3. The maximum Gasteiger partial charge on any atom is 0.306 e. The SMILES string of the molecule is CCCCCCCCCCCCCCCCCCCCOCCCCCCCN(CCCCO)CCCCCC(=O)OC1CCC2(C)C(=CCC3C2CCC2(C)C(C(C)CCCC(C)C)CCC32)C1. The van der Waals surface area contributed by atoms with Crippen LogP contribution in [0.3, 0.4) is 0 Å². The van der Waals surface area contributed by atoms with E-state index in [2.05, 4.69) is 52.5 Å². The molecule has 0 aromatic carbocycles. The Morgan fingerprint density at radius 2 is 1.16 bits per heavy atom. The van der Waals surface area contributed by atoms with Crippen LogP contribution in [-0.4, -0.2) is 61.5 Å². The largest absolute Gasteiger partial charge is 0.462 e. The van der Waals surface area contributed by atoms with Crippen molar-refractivity contribution in [3.8, 4) is 0 Å². The van der Waals surface area contributed by atoms with Crippen LogP contribution in [0.5, 0.6) is 0 Å². The van der Waals surface area contributed by atoms with Crippen LogP contribution in [-0.2, 0) is 14.3 Å². The van der Waals surface area contributed by atoms with Crippen LogP contribution in [0.2, 0.25) is 0 Å². The number of aliphatic hydroxyl groups is 1. The number of ether oxygens (including phenoxy) is 2. The summed E-state index contributed by atoms with van der Waals surface area (Å²) < 4.78 is 12.2. The molecule has 5 heteroatoms. The van der Waals surface area contributed by atoms with Gasteiger partial charge in [0.25, 0.3) is 0 Å². The molecular weight excluding hydrogens is 847 g/mol. The number of rotatable bonds is 43. The third-order valence-corrected chi connectivity index (χ3v) is 19.2. The van der Waals surface area contributed by atoms with Crippen LogP contribution in [0, 0.1) is 46.3 Å². The van der Waals surface area contributed by atoms with Crippen LogP contribution in [0.15, 0.2) is 11.6 Å². The van der Waals surface area contributed by atoms with E-state index in [0.29, 0.717) is 17.3 Å². The minimum Gasteiger partial charge on any atom is -0.462 e. The molecule has 0 aliphatic heterocycles. The predicted molar refractivity (Wildman–Crippen MR) is 297 cm³/mol. The summed E-state index contributed by atoms with van der Waals surface area (Å²) in [5.41, 5.74) is 2.46. The molecule has 0 aromatic rings. The molecule has 4 aliphatic rings. The number of hydrogen-bond donors (Lipinski definition) is 1. The fourth-order valence-corrected chi connectivity index (χ4v) is 14.8. The minimum absolute atomic E-state index is 0.0293. The van der Waals surface area contributed by atoms with E-state index in [4.69, 9.17) is 9.47 Å². The summed E-state index contributed by atoms with van der Waals surface area (Å²) >= 11 is 0. The number of unbranched alkanes of at least 4 members (excludes halogenated alkanes) is 24. The number of fused-ring (bicyclic) bond motifs is 5. The third-order valence-electron chi connectivity index (χ3n) is 19.2. The number of hydrogen-bond acceptors (Lipinski definition) is 5. The Morgan fingerprint density at radius 3 is 1.72 bits per heavy atom. The summed E-state index contributed by atoms with van der Waals surface area (Å²) in [6, 6.07) is 0. The number of carbonyl (C=O) groups excluding carboxylic acids is 1. The Balaban J connectivity index is 0.965. The lowest BCUT2D eigenvalue weighted by Gasteiger charge is -2.58. The standard InChI is InChI=1S/C64H119NO4/c1-7-8-9-10-11-12-13-14-15-16-17-18-19-20-21-22-25-33-51-68-52-34-26-23-24-29-47-65(49-31-32-50-66)48-30-27-28-38-62(67)69-57-43-45-63(5)56(53-57)39-40-58-60-42-41-59(55(4)37-35-36-54(2)3)64(60,6)46-44-61(58)63/h39,54-55,57-61,66H,7-38,40-53H2,1-6H3. The summed E-state index contributed by atoms with van der Waals surface area (Å²) in [5, 5.41) is 9.41. The van der Waals surface area contributed by atoms with Crippen LogP contribution in [0.4, 0.5) is 0 Å². The van der Waals surface area contributed by atoms with Gasteiger partial charge >= 0.3 is 5.97 Å². The zero-order chi connectivity index (χ0) is 49.4. The molecule has 0 radical (unpaired) electrons. The minimum atomic E-state index is 0.0293. The van der Waals surface area contributed by atoms with Gasteiger partial charge in [0.1, 0.15) is 6.10 Å². The summed E-state index contributed by atoms with van der Waals surface area (Å²) in [5.74, 6) is 5.19. The van der Waals surface area contributed by atoms with Gasteiger partial charge < -0.3 is 19.5 Å². The smallest absolute Gasteiger partial charge is 0.306 e. The summed E-state index contributed by atoms with van der Waals surface area (Å²) in [6.45, 7) is 20.4. The first-order valence-corrected chi connectivity index (χ1v) is 31.4. The van der Waals surface area contributed by atoms with E-state index in [1.165, 1.54) is 205 Å². The lowest BCUT2D eigenvalue weighted by Crippen LogP contribution is -2.51. The molecule has 3 saturated carbocycles. The van der Waals surface area contributed by atoms with Crippen molar-refractivity contribution < 1.29 is 19.4 Å². The first kappa shape index (κ1) is 60.6.